The van der Waals surface area contributed by atoms with Crippen LogP contribution in [-0.2, 0) is 9.53 Å². The molecule has 4 heterocycles. The molecule has 0 spiro atoms. The van der Waals surface area contributed by atoms with Gasteiger partial charge in [0.2, 0.25) is 0 Å². The summed E-state index contributed by atoms with van der Waals surface area (Å²) in [5.74, 6) is 0.108. The van der Waals surface area contributed by atoms with Gasteiger partial charge in [-0.1, -0.05) is 0 Å². The number of rotatable bonds is 6. The Bertz CT molecular complexity index is 987. The molecule has 5 atom stereocenters. The van der Waals surface area contributed by atoms with E-state index in [1.54, 1.807) is 19.4 Å². The second kappa shape index (κ2) is 8.88. The van der Waals surface area contributed by atoms with Crippen molar-refractivity contribution in [1.29, 1.82) is 0 Å². The Morgan fingerprint density at radius 2 is 2.06 bits per heavy atom. The van der Waals surface area contributed by atoms with Crippen molar-refractivity contribution in [2.24, 2.45) is 4.99 Å². The third-order valence-electron chi connectivity index (χ3n) is 7.97. The summed E-state index contributed by atoms with van der Waals surface area (Å²) in [6.07, 6.45) is 11.0. The van der Waals surface area contributed by atoms with E-state index in [1.807, 2.05) is 0 Å². The van der Waals surface area contributed by atoms with Gasteiger partial charge in [-0.2, -0.15) is 0 Å². The molecule has 2 saturated heterocycles. The summed E-state index contributed by atoms with van der Waals surface area (Å²) in [7, 11) is 5.80. The molecule has 0 radical (unpaired) electrons. The average molecular weight is 456 g/mol. The maximum absolute atomic E-state index is 14.4. The van der Waals surface area contributed by atoms with E-state index in [0.29, 0.717) is 35.9 Å². The van der Waals surface area contributed by atoms with Gasteiger partial charge in [0.1, 0.15) is 11.6 Å². The highest BCUT2D eigenvalue weighted by molar-refractivity contribution is 6.00. The van der Waals surface area contributed by atoms with E-state index in [9.17, 15) is 10.0 Å². The van der Waals surface area contributed by atoms with Crippen LogP contribution in [0.1, 0.15) is 44.3 Å². The zero-order valence-electron chi connectivity index (χ0n) is 19.6. The van der Waals surface area contributed by atoms with Gasteiger partial charge in [0.05, 0.1) is 24.0 Å². The lowest BCUT2D eigenvalue weighted by molar-refractivity contribution is -0.736. The molecule has 9 nitrogen and oxygen atoms in total. The summed E-state index contributed by atoms with van der Waals surface area (Å²) < 4.78 is 10.1. The number of likely N-dealkylation sites (N-methyl/N-ethyl adjacent to an activating group) is 1. The summed E-state index contributed by atoms with van der Waals surface area (Å²) >= 11 is 0. The number of hydrogen-bond acceptors (Lipinski definition) is 8. The molecule has 3 aliphatic heterocycles. The first-order valence-corrected chi connectivity index (χ1v) is 11.9. The molecule has 5 unspecified atom stereocenters. The van der Waals surface area contributed by atoms with Crippen molar-refractivity contribution in [1.82, 2.24) is 14.8 Å². The third kappa shape index (κ3) is 3.91. The summed E-state index contributed by atoms with van der Waals surface area (Å²) in [6, 6.07) is -0.0215. The van der Waals surface area contributed by atoms with Gasteiger partial charge in [0.15, 0.2) is 18.5 Å². The average Bonchev–Trinajstić information content (AvgIpc) is 3.57. The summed E-state index contributed by atoms with van der Waals surface area (Å²) in [5, 5.41) is 14.4. The van der Waals surface area contributed by atoms with E-state index in [1.165, 1.54) is 12.7 Å². The Morgan fingerprint density at radius 3 is 2.70 bits per heavy atom. The fourth-order valence-electron chi connectivity index (χ4n) is 6.01. The van der Waals surface area contributed by atoms with Crippen LogP contribution < -0.4 is 0 Å². The van der Waals surface area contributed by atoms with Crippen molar-refractivity contribution in [3.63, 3.8) is 0 Å². The lowest BCUT2D eigenvalue weighted by atomic mass is 9.89. The Morgan fingerprint density at radius 1 is 1.27 bits per heavy atom. The number of methoxy groups -OCH3 is 1. The van der Waals surface area contributed by atoms with Crippen molar-refractivity contribution in [2.45, 2.75) is 62.8 Å². The lowest BCUT2D eigenvalue weighted by Gasteiger charge is -2.48. The number of carbonyl (C=O) groups is 1. The molecule has 1 aromatic heterocycles. The summed E-state index contributed by atoms with van der Waals surface area (Å²) in [6.45, 7) is 1.99. The van der Waals surface area contributed by atoms with Gasteiger partial charge in [-0.3, -0.25) is 4.90 Å². The number of carbonyl (C=O) groups excluding carboxylic acids is 1. The van der Waals surface area contributed by atoms with Crippen molar-refractivity contribution in [2.75, 3.05) is 34.3 Å². The molecular weight excluding hydrogens is 422 g/mol. The molecule has 9 heteroatoms. The quantitative estimate of drug-likeness (QED) is 0.481. The minimum atomic E-state index is -1.03. The van der Waals surface area contributed by atoms with Gasteiger partial charge >= 0.3 is 5.91 Å². The Balaban J connectivity index is 1.50. The van der Waals surface area contributed by atoms with Crippen LogP contribution in [0.25, 0.3) is 5.57 Å². The fraction of sp³-hybridized carbons (Fsp3) is 0.625. The number of amides is 1. The van der Waals surface area contributed by atoms with Gasteiger partial charge in [0, 0.05) is 31.6 Å². The van der Waals surface area contributed by atoms with Crippen LogP contribution in [0.2, 0.25) is 0 Å². The van der Waals surface area contributed by atoms with Gasteiger partial charge in [0.25, 0.3) is 0 Å². The molecule has 0 saturated carbocycles. The Hall–Kier alpha value is -2.17. The number of ether oxygens (including phenoxy) is 1. The van der Waals surface area contributed by atoms with Crippen molar-refractivity contribution in [3.8, 4) is 0 Å². The molecule has 33 heavy (non-hydrogen) atoms. The van der Waals surface area contributed by atoms with Crippen LogP contribution in [0, 0.1) is 5.21 Å². The molecule has 0 N–H and O–H groups in total. The second-order valence-electron chi connectivity index (χ2n) is 9.78. The molecule has 178 valence electrons. The highest BCUT2D eigenvalue weighted by atomic mass is 16.6. The minimum absolute atomic E-state index is 0.0575. The lowest BCUT2D eigenvalue weighted by Crippen LogP contribution is -2.63. The molecule has 2 fully saturated rings. The van der Waals surface area contributed by atoms with E-state index in [4.69, 9.17) is 9.15 Å². The number of nitrogens with zero attached hydrogens (tertiary/aromatic N) is 5. The highest BCUT2D eigenvalue weighted by Gasteiger charge is 2.49. The van der Waals surface area contributed by atoms with Crippen molar-refractivity contribution >= 4 is 17.8 Å². The maximum Gasteiger partial charge on any atom is 0.353 e. The van der Waals surface area contributed by atoms with Crippen LogP contribution >= 0.6 is 0 Å². The van der Waals surface area contributed by atoms with E-state index < -0.39 is 16.6 Å². The first-order chi connectivity index (χ1) is 15.9. The zero-order chi connectivity index (χ0) is 23.2. The predicted molar refractivity (Wildman–Crippen MR) is 124 cm³/mol. The number of hydroxylamine groups is 3. The molecule has 1 amide bonds. The molecule has 1 aliphatic carbocycles. The number of hydrogen-bond donors (Lipinski definition) is 0. The highest BCUT2D eigenvalue weighted by Crippen LogP contribution is 2.40. The smallest absolute Gasteiger partial charge is 0.353 e. The van der Waals surface area contributed by atoms with Crippen LogP contribution in [0.4, 0.5) is 0 Å². The number of aliphatic imine (C=N–C) groups is 1. The molecular formula is C24H33N5O4. The molecule has 0 aromatic carbocycles. The van der Waals surface area contributed by atoms with Crippen LogP contribution in [0.5, 0.6) is 0 Å². The predicted octanol–water partition coefficient (Wildman–Crippen LogP) is 2.56. The number of oxazole rings is 1. The SMILES string of the molecule is COC1CC2=C(C=C1c1cnco1)C(=O)[N+]([O-])(C(CC1CCCN1C)C1CCCN1C)C=N2. The molecule has 0 bridgehead atoms. The molecule has 4 aliphatic rings. The van der Waals surface area contributed by atoms with Crippen molar-refractivity contribution in [3.05, 3.63) is 40.9 Å². The second-order valence-corrected chi connectivity index (χ2v) is 9.78. The summed E-state index contributed by atoms with van der Waals surface area (Å²) in [5.41, 5.74) is 1.70. The number of aromatic nitrogens is 1. The Labute approximate surface area is 194 Å². The first-order valence-electron chi connectivity index (χ1n) is 11.9. The van der Waals surface area contributed by atoms with E-state index in [0.717, 1.165) is 44.3 Å². The number of quaternary nitrogens is 1. The zero-order valence-corrected chi connectivity index (χ0v) is 19.6. The first kappa shape index (κ1) is 22.6. The number of likely N-dealkylation sites (tertiary alicyclic amines) is 2. The molecule has 1 aromatic rings. The van der Waals surface area contributed by atoms with Gasteiger partial charge in [-0.15, -0.1) is 0 Å². The van der Waals surface area contributed by atoms with E-state index in [2.05, 4.69) is 33.9 Å². The standard InChI is InChI=1S/C24H33N5O4/c1-27-8-4-6-16(27)10-21(20-7-5-9-28(20)2)29(31)14-26-19-12-22(32-3)18(11-17(19)24(29)30)23-13-25-15-33-23/h11,13-16,20-22H,4-10,12H2,1-3H3. The van der Waals surface area contributed by atoms with Crippen LogP contribution in [0.15, 0.2) is 39.3 Å². The Kier molecular flexibility index (Phi) is 6.09. The minimum Gasteiger partial charge on any atom is -0.619 e. The van der Waals surface area contributed by atoms with Gasteiger partial charge in [-0.25, -0.2) is 19.4 Å². The van der Waals surface area contributed by atoms with E-state index >= 15 is 0 Å². The topological polar surface area (TPSA) is 94.2 Å². The van der Waals surface area contributed by atoms with Crippen molar-refractivity contribution < 1.29 is 18.6 Å². The normalized spacial score (nSPS) is 34.1. The van der Waals surface area contributed by atoms with Crippen LogP contribution in [0.3, 0.4) is 0 Å². The third-order valence-corrected chi connectivity index (χ3v) is 7.97. The van der Waals surface area contributed by atoms with Gasteiger partial charge < -0.3 is 19.3 Å². The molecule has 5 rings (SSSR count). The van der Waals surface area contributed by atoms with Gasteiger partial charge in [-0.05, 0) is 58.9 Å². The maximum atomic E-state index is 14.4. The fourth-order valence-corrected chi connectivity index (χ4v) is 6.01. The summed E-state index contributed by atoms with van der Waals surface area (Å²) in [4.78, 5) is 27.1. The van der Waals surface area contributed by atoms with E-state index in [-0.39, 0.29) is 12.1 Å². The monoisotopic (exact) mass is 455 g/mol. The van der Waals surface area contributed by atoms with Crippen LogP contribution in [-0.4, -0.2) is 90.2 Å². The largest absolute Gasteiger partial charge is 0.619 e.